The lowest BCUT2D eigenvalue weighted by Gasteiger charge is -2.15. The van der Waals surface area contributed by atoms with Gasteiger partial charge in [-0.15, -0.1) is 0 Å². The van der Waals surface area contributed by atoms with Crippen molar-refractivity contribution >= 4 is 5.69 Å². The van der Waals surface area contributed by atoms with Crippen molar-refractivity contribution in [2.24, 2.45) is 5.92 Å². The van der Waals surface area contributed by atoms with E-state index in [2.05, 4.69) is 10.6 Å². The monoisotopic (exact) mass is 236 g/mol. The van der Waals surface area contributed by atoms with Gasteiger partial charge in [0.15, 0.2) is 0 Å². The molecule has 1 aliphatic heterocycles. The summed E-state index contributed by atoms with van der Waals surface area (Å²) in [6.45, 7) is 3.19. The molecular weight excluding hydrogens is 216 g/mol. The number of benzene rings is 1. The van der Waals surface area contributed by atoms with Crippen molar-refractivity contribution in [2.45, 2.75) is 6.42 Å². The van der Waals surface area contributed by atoms with Gasteiger partial charge < -0.3 is 20.1 Å². The van der Waals surface area contributed by atoms with Crippen molar-refractivity contribution in [3.05, 3.63) is 18.2 Å². The summed E-state index contributed by atoms with van der Waals surface area (Å²) < 4.78 is 10.5. The second-order valence-electron chi connectivity index (χ2n) is 4.31. The topological polar surface area (TPSA) is 42.5 Å². The third-order valence-electron chi connectivity index (χ3n) is 3.15. The molecule has 4 nitrogen and oxygen atoms in total. The molecule has 1 saturated heterocycles. The summed E-state index contributed by atoms with van der Waals surface area (Å²) in [6, 6.07) is 5.80. The summed E-state index contributed by atoms with van der Waals surface area (Å²) in [6.07, 6.45) is 1.24. The Morgan fingerprint density at radius 1 is 1.35 bits per heavy atom. The van der Waals surface area contributed by atoms with Gasteiger partial charge in [0.1, 0.15) is 11.5 Å². The smallest absolute Gasteiger partial charge is 0.142 e. The second-order valence-corrected chi connectivity index (χ2v) is 4.31. The molecule has 94 valence electrons. The van der Waals surface area contributed by atoms with E-state index in [4.69, 9.17) is 9.47 Å². The molecule has 0 aliphatic carbocycles. The highest BCUT2D eigenvalue weighted by Gasteiger charge is 2.14. The van der Waals surface area contributed by atoms with Gasteiger partial charge in [0.25, 0.3) is 0 Å². The molecule has 1 aromatic rings. The molecule has 0 bridgehead atoms. The molecule has 0 amide bonds. The second kappa shape index (κ2) is 5.77. The molecule has 17 heavy (non-hydrogen) atoms. The van der Waals surface area contributed by atoms with Crippen molar-refractivity contribution in [3.63, 3.8) is 0 Å². The third-order valence-corrected chi connectivity index (χ3v) is 3.15. The zero-order valence-corrected chi connectivity index (χ0v) is 10.5. The Bertz CT molecular complexity index is 362. The average molecular weight is 236 g/mol. The van der Waals surface area contributed by atoms with E-state index in [0.29, 0.717) is 5.92 Å². The van der Waals surface area contributed by atoms with E-state index < -0.39 is 0 Å². The number of nitrogens with one attached hydrogen (secondary N) is 2. The summed E-state index contributed by atoms with van der Waals surface area (Å²) in [5.74, 6) is 2.40. The van der Waals surface area contributed by atoms with E-state index in [1.807, 2.05) is 18.2 Å². The van der Waals surface area contributed by atoms with Crippen molar-refractivity contribution in [1.29, 1.82) is 0 Å². The Balaban J connectivity index is 2.01. The third kappa shape index (κ3) is 3.03. The maximum Gasteiger partial charge on any atom is 0.142 e. The zero-order chi connectivity index (χ0) is 12.1. The van der Waals surface area contributed by atoms with Gasteiger partial charge in [0, 0.05) is 12.6 Å². The van der Waals surface area contributed by atoms with Gasteiger partial charge in [-0.3, -0.25) is 0 Å². The fraction of sp³-hybridized carbons (Fsp3) is 0.538. The van der Waals surface area contributed by atoms with Crippen LogP contribution in [-0.4, -0.2) is 33.9 Å². The Kier molecular flexibility index (Phi) is 4.09. The van der Waals surface area contributed by atoms with Crippen LogP contribution in [-0.2, 0) is 0 Å². The van der Waals surface area contributed by atoms with E-state index >= 15 is 0 Å². The van der Waals surface area contributed by atoms with Crippen LogP contribution in [0.25, 0.3) is 0 Å². The Morgan fingerprint density at radius 2 is 2.24 bits per heavy atom. The summed E-state index contributed by atoms with van der Waals surface area (Å²) >= 11 is 0. The first-order chi connectivity index (χ1) is 8.33. The molecule has 0 saturated carbocycles. The van der Waals surface area contributed by atoms with Gasteiger partial charge in [0.2, 0.25) is 0 Å². The van der Waals surface area contributed by atoms with Crippen LogP contribution in [0.2, 0.25) is 0 Å². The fourth-order valence-corrected chi connectivity index (χ4v) is 2.10. The van der Waals surface area contributed by atoms with Gasteiger partial charge in [-0.25, -0.2) is 0 Å². The van der Waals surface area contributed by atoms with Crippen molar-refractivity contribution in [3.8, 4) is 11.5 Å². The maximum absolute atomic E-state index is 5.33. The van der Waals surface area contributed by atoms with Crippen molar-refractivity contribution < 1.29 is 9.47 Å². The minimum Gasteiger partial charge on any atom is -0.497 e. The van der Waals surface area contributed by atoms with E-state index in [-0.39, 0.29) is 0 Å². The largest absolute Gasteiger partial charge is 0.497 e. The van der Waals surface area contributed by atoms with Crippen LogP contribution < -0.4 is 20.1 Å². The molecule has 1 aromatic carbocycles. The lowest BCUT2D eigenvalue weighted by atomic mass is 10.1. The molecule has 1 heterocycles. The molecule has 0 spiro atoms. The SMILES string of the molecule is COc1ccc(OC)c(NCC2CCNC2)c1. The Hall–Kier alpha value is -1.42. The molecule has 1 unspecified atom stereocenters. The van der Waals surface area contributed by atoms with E-state index in [9.17, 15) is 0 Å². The Labute approximate surface area is 102 Å². The molecule has 2 N–H and O–H groups in total. The van der Waals surface area contributed by atoms with Crippen molar-refractivity contribution in [2.75, 3.05) is 39.2 Å². The Morgan fingerprint density at radius 3 is 2.88 bits per heavy atom. The van der Waals surface area contributed by atoms with Crippen LogP contribution in [0.4, 0.5) is 5.69 Å². The fourth-order valence-electron chi connectivity index (χ4n) is 2.10. The number of rotatable bonds is 5. The van der Waals surface area contributed by atoms with Crippen LogP contribution in [0.1, 0.15) is 6.42 Å². The number of hydrogen-bond donors (Lipinski definition) is 2. The highest BCUT2D eigenvalue weighted by atomic mass is 16.5. The predicted molar refractivity (Wildman–Crippen MR) is 69.0 cm³/mol. The molecule has 0 aromatic heterocycles. The molecule has 1 fully saturated rings. The normalized spacial score (nSPS) is 19.1. The summed E-state index contributed by atoms with van der Waals surface area (Å²) in [5, 5.41) is 6.80. The summed E-state index contributed by atoms with van der Waals surface area (Å²) in [5.41, 5.74) is 0.999. The van der Waals surface area contributed by atoms with Crippen LogP contribution in [0, 0.1) is 5.92 Å². The van der Waals surface area contributed by atoms with E-state index in [0.717, 1.165) is 36.8 Å². The van der Waals surface area contributed by atoms with E-state index in [1.54, 1.807) is 14.2 Å². The first-order valence-electron chi connectivity index (χ1n) is 6.00. The highest BCUT2D eigenvalue weighted by molar-refractivity contribution is 5.59. The van der Waals surface area contributed by atoms with Crippen LogP contribution in [0.15, 0.2) is 18.2 Å². The lowest BCUT2D eigenvalue weighted by Crippen LogP contribution is -2.17. The van der Waals surface area contributed by atoms with Gasteiger partial charge in [-0.2, -0.15) is 0 Å². The van der Waals surface area contributed by atoms with Gasteiger partial charge >= 0.3 is 0 Å². The molecule has 2 rings (SSSR count). The van der Waals surface area contributed by atoms with Crippen LogP contribution in [0.5, 0.6) is 11.5 Å². The summed E-state index contributed by atoms with van der Waals surface area (Å²) in [4.78, 5) is 0. The quantitative estimate of drug-likeness (QED) is 0.817. The molecule has 1 aliphatic rings. The van der Waals surface area contributed by atoms with E-state index in [1.165, 1.54) is 6.42 Å². The first kappa shape index (κ1) is 12.0. The van der Waals surface area contributed by atoms with Crippen LogP contribution in [0.3, 0.4) is 0 Å². The van der Waals surface area contributed by atoms with Gasteiger partial charge in [0.05, 0.1) is 19.9 Å². The molecule has 0 radical (unpaired) electrons. The number of ether oxygens (including phenoxy) is 2. The van der Waals surface area contributed by atoms with Gasteiger partial charge in [-0.1, -0.05) is 0 Å². The maximum atomic E-state index is 5.33. The average Bonchev–Trinajstić information content (AvgIpc) is 2.89. The standard InChI is InChI=1S/C13H20N2O2/c1-16-11-3-4-13(17-2)12(7-11)15-9-10-5-6-14-8-10/h3-4,7,10,14-15H,5-6,8-9H2,1-2H3. The molecule has 4 heteroatoms. The molecular formula is C13H20N2O2. The lowest BCUT2D eigenvalue weighted by molar-refractivity contribution is 0.404. The first-order valence-corrected chi connectivity index (χ1v) is 6.00. The minimum absolute atomic E-state index is 0.700. The summed E-state index contributed by atoms with van der Waals surface area (Å²) in [7, 11) is 3.36. The number of anilines is 1. The minimum atomic E-state index is 0.700. The molecule has 1 atom stereocenters. The van der Waals surface area contributed by atoms with Crippen LogP contribution >= 0.6 is 0 Å². The highest BCUT2D eigenvalue weighted by Crippen LogP contribution is 2.29. The van der Waals surface area contributed by atoms with Gasteiger partial charge in [-0.05, 0) is 37.6 Å². The van der Waals surface area contributed by atoms with Crippen molar-refractivity contribution in [1.82, 2.24) is 5.32 Å². The predicted octanol–water partition coefficient (Wildman–Crippen LogP) is 1.73. The zero-order valence-electron chi connectivity index (χ0n) is 10.5. The number of hydrogen-bond acceptors (Lipinski definition) is 4. The number of methoxy groups -OCH3 is 2.